The summed E-state index contributed by atoms with van der Waals surface area (Å²) >= 11 is 7.48. The van der Waals surface area contributed by atoms with Crippen molar-refractivity contribution < 1.29 is 23.7 Å². The topological polar surface area (TPSA) is 92.4 Å². The molecule has 164 valence electrons. The summed E-state index contributed by atoms with van der Waals surface area (Å²) in [5, 5.41) is 0.581. The molecule has 0 saturated carbocycles. The number of hydrogen-bond donors (Lipinski definition) is 1. The predicted octanol–water partition coefficient (Wildman–Crippen LogP) is 4.06. The van der Waals surface area contributed by atoms with E-state index >= 15 is 0 Å². The average Bonchev–Trinajstić information content (AvgIpc) is 3.06. The lowest BCUT2D eigenvalue weighted by Crippen LogP contribution is -2.12. The number of carbonyl (C=O) groups excluding carboxylic acids is 1. The van der Waals surface area contributed by atoms with Gasteiger partial charge in [0.1, 0.15) is 19.0 Å². The van der Waals surface area contributed by atoms with Crippen molar-refractivity contribution in [3.8, 4) is 17.2 Å². The highest BCUT2D eigenvalue weighted by molar-refractivity contribution is 8.18. The highest BCUT2D eigenvalue weighted by atomic mass is 35.5. The lowest BCUT2D eigenvalue weighted by atomic mass is 10.2. The first-order valence-electron chi connectivity index (χ1n) is 9.52. The number of aryl methyl sites for hydroxylation is 1. The molecule has 1 aliphatic heterocycles. The highest BCUT2D eigenvalue weighted by Crippen LogP contribution is 2.38. The van der Waals surface area contributed by atoms with Crippen molar-refractivity contribution in [2.75, 3.05) is 33.5 Å². The summed E-state index contributed by atoms with van der Waals surface area (Å²) in [6.07, 6.45) is 1.66. The van der Waals surface area contributed by atoms with Crippen LogP contribution in [0.25, 0.3) is 6.08 Å². The molecule has 0 spiro atoms. The van der Waals surface area contributed by atoms with Crippen LogP contribution in [0.3, 0.4) is 0 Å². The number of amides is 1. The molecule has 0 bridgehead atoms. The number of ether oxygens (including phenoxy) is 4. The number of nitrogens with zero attached hydrogens (tertiary/aromatic N) is 1. The largest absolute Gasteiger partial charge is 0.493 e. The molecule has 0 aromatic heterocycles. The molecule has 2 N–H and O–H groups in total. The molecular formula is C22H23ClN2O5S. The van der Waals surface area contributed by atoms with Gasteiger partial charge in [-0.15, -0.1) is 0 Å². The molecule has 2 aromatic rings. The maximum absolute atomic E-state index is 11.8. The Labute approximate surface area is 190 Å². The number of carbonyl (C=O) groups is 1. The fourth-order valence-corrected chi connectivity index (χ4v) is 3.73. The van der Waals surface area contributed by atoms with E-state index in [1.165, 1.54) is 7.11 Å². The van der Waals surface area contributed by atoms with Gasteiger partial charge in [0.2, 0.25) is 0 Å². The summed E-state index contributed by atoms with van der Waals surface area (Å²) in [7, 11) is 1.52. The summed E-state index contributed by atoms with van der Waals surface area (Å²) < 4.78 is 22.4. The Balaban J connectivity index is 1.48. The van der Waals surface area contributed by atoms with Crippen LogP contribution in [-0.4, -0.2) is 44.6 Å². The van der Waals surface area contributed by atoms with Crippen LogP contribution in [0.15, 0.2) is 46.3 Å². The van der Waals surface area contributed by atoms with Crippen LogP contribution in [-0.2, 0) is 9.53 Å². The Morgan fingerprint density at radius 1 is 1.10 bits per heavy atom. The molecule has 1 amide bonds. The number of thioether (sulfide) groups is 1. The lowest BCUT2D eigenvalue weighted by molar-refractivity contribution is -0.113. The maximum atomic E-state index is 11.8. The van der Waals surface area contributed by atoms with Crippen molar-refractivity contribution in [2.45, 2.75) is 6.92 Å². The fraction of sp³-hybridized carbons (Fsp3) is 0.273. The van der Waals surface area contributed by atoms with Gasteiger partial charge in [0.25, 0.3) is 5.91 Å². The number of methoxy groups -OCH3 is 1. The van der Waals surface area contributed by atoms with Crippen LogP contribution in [0, 0.1) is 6.92 Å². The number of aliphatic imine (C=N–C) groups is 1. The van der Waals surface area contributed by atoms with E-state index in [1.807, 2.05) is 31.2 Å². The molecule has 0 atom stereocenters. The zero-order chi connectivity index (χ0) is 22.2. The predicted molar refractivity (Wildman–Crippen MR) is 123 cm³/mol. The number of amidine groups is 1. The standard InChI is InChI=1S/C22H23ClN2O5S/c1-14-5-3-4-6-17(14)29-9-7-28-8-10-30-20-16(23)11-15(12-18(20)27-2)13-19-21(26)25-22(24)31-19/h3-6,11-13H,7-10H2,1-2H3,(H2,24,25,26). The molecule has 0 aliphatic carbocycles. The van der Waals surface area contributed by atoms with Crippen LogP contribution < -0.4 is 19.9 Å². The van der Waals surface area contributed by atoms with Crippen LogP contribution in [0.2, 0.25) is 5.02 Å². The summed E-state index contributed by atoms with van der Waals surface area (Å²) in [5.74, 6) is 1.33. The Morgan fingerprint density at radius 3 is 2.52 bits per heavy atom. The van der Waals surface area contributed by atoms with E-state index in [9.17, 15) is 4.79 Å². The van der Waals surface area contributed by atoms with E-state index in [4.69, 9.17) is 36.3 Å². The first kappa shape index (κ1) is 23.0. The summed E-state index contributed by atoms with van der Waals surface area (Å²) in [4.78, 5) is 15.9. The second kappa shape index (κ2) is 11.1. The van der Waals surface area contributed by atoms with Crippen molar-refractivity contribution in [3.63, 3.8) is 0 Å². The Hall–Kier alpha value is -2.68. The molecule has 0 fully saturated rings. The molecular weight excluding hydrogens is 440 g/mol. The van der Waals surface area contributed by atoms with E-state index in [2.05, 4.69) is 4.99 Å². The molecule has 31 heavy (non-hydrogen) atoms. The van der Waals surface area contributed by atoms with E-state index in [0.717, 1.165) is 23.1 Å². The molecule has 9 heteroatoms. The van der Waals surface area contributed by atoms with Gasteiger partial charge in [0, 0.05) is 0 Å². The minimum Gasteiger partial charge on any atom is -0.493 e. The van der Waals surface area contributed by atoms with Gasteiger partial charge < -0.3 is 24.7 Å². The van der Waals surface area contributed by atoms with Crippen LogP contribution in [0.1, 0.15) is 11.1 Å². The molecule has 0 unspecified atom stereocenters. The first-order chi connectivity index (χ1) is 15.0. The number of hydrogen-bond acceptors (Lipinski definition) is 7. The first-order valence-corrected chi connectivity index (χ1v) is 10.7. The van der Waals surface area contributed by atoms with E-state index in [0.29, 0.717) is 53.4 Å². The summed E-state index contributed by atoms with van der Waals surface area (Å²) in [5.41, 5.74) is 7.34. The maximum Gasteiger partial charge on any atom is 0.286 e. The number of halogens is 1. The molecule has 7 nitrogen and oxygen atoms in total. The van der Waals surface area contributed by atoms with Crippen molar-refractivity contribution in [1.82, 2.24) is 0 Å². The minimum atomic E-state index is -0.374. The van der Waals surface area contributed by atoms with Gasteiger partial charge in [-0.25, -0.2) is 0 Å². The second-order valence-corrected chi connectivity index (χ2v) is 7.94. The Morgan fingerprint density at radius 2 is 1.84 bits per heavy atom. The van der Waals surface area contributed by atoms with Gasteiger partial charge in [-0.05, 0) is 54.1 Å². The minimum absolute atomic E-state index is 0.221. The van der Waals surface area contributed by atoms with Crippen LogP contribution >= 0.6 is 23.4 Å². The molecule has 0 radical (unpaired) electrons. The van der Waals surface area contributed by atoms with E-state index in [1.54, 1.807) is 18.2 Å². The normalized spacial score (nSPS) is 14.6. The fourth-order valence-electron chi connectivity index (χ4n) is 2.77. The van der Waals surface area contributed by atoms with Crippen molar-refractivity contribution in [2.24, 2.45) is 10.7 Å². The van der Waals surface area contributed by atoms with Gasteiger partial charge in [-0.3, -0.25) is 4.79 Å². The number of rotatable bonds is 10. The summed E-state index contributed by atoms with van der Waals surface area (Å²) in [6, 6.07) is 11.2. The Bertz CT molecular complexity index is 1010. The number of para-hydroxylation sites is 1. The quantitative estimate of drug-likeness (QED) is 0.420. The van der Waals surface area contributed by atoms with Gasteiger partial charge >= 0.3 is 0 Å². The molecule has 3 rings (SSSR count). The Kier molecular flexibility index (Phi) is 8.22. The smallest absolute Gasteiger partial charge is 0.286 e. The van der Waals surface area contributed by atoms with Gasteiger partial charge in [0.15, 0.2) is 16.7 Å². The molecule has 2 aromatic carbocycles. The molecule has 0 saturated heterocycles. The van der Waals surface area contributed by atoms with Crippen molar-refractivity contribution in [1.29, 1.82) is 0 Å². The second-order valence-electron chi connectivity index (χ2n) is 6.47. The van der Waals surface area contributed by atoms with Gasteiger partial charge in [0.05, 0.1) is 30.3 Å². The van der Waals surface area contributed by atoms with E-state index in [-0.39, 0.29) is 11.1 Å². The zero-order valence-corrected chi connectivity index (χ0v) is 18.8. The lowest BCUT2D eigenvalue weighted by Gasteiger charge is -2.14. The van der Waals surface area contributed by atoms with E-state index < -0.39 is 0 Å². The average molecular weight is 463 g/mol. The zero-order valence-electron chi connectivity index (χ0n) is 17.2. The third kappa shape index (κ3) is 6.40. The van der Waals surface area contributed by atoms with Crippen molar-refractivity contribution in [3.05, 3.63) is 57.5 Å². The number of benzene rings is 2. The highest BCUT2D eigenvalue weighted by Gasteiger charge is 2.20. The molecule has 1 heterocycles. The van der Waals surface area contributed by atoms with Crippen molar-refractivity contribution >= 4 is 40.5 Å². The van der Waals surface area contributed by atoms with Crippen LogP contribution in [0.4, 0.5) is 0 Å². The van der Waals surface area contributed by atoms with Gasteiger partial charge in [-0.1, -0.05) is 29.8 Å². The monoisotopic (exact) mass is 462 g/mol. The van der Waals surface area contributed by atoms with Crippen LogP contribution in [0.5, 0.6) is 17.2 Å². The van der Waals surface area contributed by atoms with Gasteiger partial charge in [-0.2, -0.15) is 4.99 Å². The third-order valence-electron chi connectivity index (χ3n) is 4.24. The SMILES string of the molecule is COc1cc(C=C2SC(N)=NC2=O)cc(Cl)c1OCCOCCOc1ccccc1C. The number of nitrogens with two attached hydrogens (primary N) is 1. The molecule has 1 aliphatic rings. The third-order valence-corrected chi connectivity index (χ3v) is 5.33. The summed E-state index contributed by atoms with van der Waals surface area (Å²) in [6.45, 7) is 3.54.